The van der Waals surface area contributed by atoms with Crippen LogP contribution in [0, 0.1) is 23.7 Å². The molecule has 24 heavy (non-hydrogen) atoms. The highest BCUT2D eigenvalue weighted by atomic mass is 19.3. The van der Waals surface area contributed by atoms with Crippen molar-refractivity contribution in [1.29, 1.82) is 0 Å². The van der Waals surface area contributed by atoms with Crippen LogP contribution in [0.3, 0.4) is 0 Å². The molecule has 5 heteroatoms. The predicted octanol–water partition coefficient (Wildman–Crippen LogP) is 3.77. The Bertz CT molecular complexity index is 621. The normalized spacial score (nSPS) is 33.7. The van der Waals surface area contributed by atoms with Crippen LogP contribution >= 0.6 is 0 Å². The van der Waals surface area contributed by atoms with Gasteiger partial charge in [0.2, 0.25) is 5.91 Å². The van der Waals surface area contributed by atoms with Crippen LogP contribution < -0.4 is 10.1 Å². The van der Waals surface area contributed by atoms with Crippen molar-refractivity contribution < 1.29 is 18.3 Å². The summed E-state index contributed by atoms with van der Waals surface area (Å²) in [4.78, 5) is 12.4. The first-order valence-corrected chi connectivity index (χ1v) is 8.93. The summed E-state index contributed by atoms with van der Waals surface area (Å²) in [6, 6.07) is 6.71. The summed E-state index contributed by atoms with van der Waals surface area (Å²) in [6.07, 6.45) is 6.65. The zero-order valence-corrected chi connectivity index (χ0v) is 13.6. The second-order valence-corrected chi connectivity index (χ2v) is 7.53. The molecule has 3 fully saturated rings. The number of ether oxygens (including phenoxy) is 1. The molecule has 3 nitrogen and oxygen atoms in total. The van der Waals surface area contributed by atoms with E-state index in [1.54, 1.807) is 12.1 Å². The van der Waals surface area contributed by atoms with Crippen LogP contribution in [-0.4, -0.2) is 18.6 Å². The zero-order chi connectivity index (χ0) is 16.7. The van der Waals surface area contributed by atoms with Crippen LogP contribution in [0.4, 0.5) is 8.78 Å². The van der Waals surface area contributed by atoms with Gasteiger partial charge >= 0.3 is 6.61 Å². The fraction of sp³-hybridized carbons (Fsp3) is 0.632. The molecule has 0 heterocycles. The van der Waals surface area contributed by atoms with Gasteiger partial charge in [0, 0.05) is 6.04 Å². The quantitative estimate of drug-likeness (QED) is 0.889. The van der Waals surface area contributed by atoms with Crippen molar-refractivity contribution in [2.75, 3.05) is 0 Å². The molecule has 5 unspecified atom stereocenters. The average molecular weight is 335 g/mol. The Morgan fingerprint density at radius 1 is 1.21 bits per heavy atom. The van der Waals surface area contributed by atoms with Gasteiger partial charge in [-0.1, -0.05) is 18.6 Å². The fourth-order valence-electron chi connectivity index (χ4n) is 5.51. The number of hydrogen-bond acceptors (Lipinski definition) is 2. The lowest BCUT2D eigenvalue weighted by molar-refractivity contribution is -0.121. The summed E-state index contributed by atoms with van der Waals surface area (Å²) >= 11 is 0. The summed E-state index contributed by atoms with van der Waals surface area (Å²) in [5.41, 5.74) is 0.701. The standard InChI is InChI=1S/C19H23F2NO2/c20-19(21)24-13-4-1-3-11(7-13)8-18(23)22-17-10-12-9-16(17)15-6-2-5-14(12)15/h1,3-4,7,12,14-17,19H,2,5-6,8-10H2,(H,22,23). The minimum Gasteiger partial charge on any atom is -0.435 e. The second kappa shape index (κ2) is 6.34. The van der Waals surface area contributed by atoms with E-state index in [0.29, 0.717) is 17.5 Å². The number of amides is 1. The molecule has 3 aliphatic carbocycles. The molecular formula is C19H23F2NO2. The van der Waals surface area contributed by atoms with Crippen LogP contribution in [0.5, 0.6) is 5.75 Å². The number of hydrogen-bond donors (Lipinski definition) is 1. The van der Waals surface area contributed by atoms with Gasteiger partial charge < -0.3 is 10.1 Å². The number of carbonyl (C=O) groups is 1. The van der Waals surface area contributed by atoms with Crippen LogP contribution in [0.25, 0.3) is 0 Å². The highest BCUT2D eigenvalue weighted by Gasteiger charge is 2.53. The van der Waals surface area contributed by atoms with Gasteiger partial charge in [0.25, 0.3) is 0 Å². The lowest BCUT2D eigenvalue weighted by Crippen LogP contribution is -2.43. The number of alkyl halides is 2. The molecule has 0 radical (unpaired) electrons. The molecule has 2 bridgehead atoms. The van der Waals surface area contributed by atoms with Crippen LogP contribution in [0.15, 0.2) is 24.3 Å². The molecule has 1 aromatic carbocycles. The molecule has 0 spiro atoms. The van der Waals surface area contributed by atoms with Crippen molar-refractivity contribution >= 4 is 5.91 Å². The van der Waals surface area contributed by atoms with Crippen molar-refractivity contribution in [1.82, 2.24) is 5.32 Å². The Kier molecular flexibility index (Phi) is 4.19. The minimum atomic E-state index is -2.84. The van der Waals surface area contributed by atoms with E-state index in [-0.39, 0.29) is 18.1 Å². The molecule has 130 valence electrons. The van der Waals surface area contributed by atoms with Crippen LogP contribution in [0.1, 0.15) is 37.7 Å². The summed E-state index contributed by atoms with van der Waals surface area (Å²) in [5.74, 6) is 3.26. The lowest BCUT2D eigenvalue weighted by atomic mass is 9.79. The van der Waals surface area contributed by atoms with Crippen molar-refractivity contribution in [2.24, 2.45) is 23.7 Å². The van der Waals surface area contributed by atoms with E-state index in [2.05, 4.69) is 10.1 Å². The van der Waals surface area contributed by atoms with Crippen molar-refractivity contribution in [2.45, 2.75) is 51.2 Å². The third-order valence-corrected chi connectivity index (χ3v) is 6.26. The van der Waals surface area contributed by atoms with E-state index in [1.165, 1.54) is 37.8 Å². The number of benzene rings is 1. The number of nitrogens with one attached hydrogen (secondary N) is 1. The molecule has 4 rings (SSSR count). The zero-order valence-electron chi connectivity index (χ0n) is 13.6. The first-order valence-electron chi connectivity index (χ1n) is 8.93. The van der Waals surface area contributed by atoms with Gasteiger partial charge in [-0.25, -0.2) is 0 Å². The Labute approximate surface area is 140 Å². The summed E-state index contributed by atoms with van der Waals surface area (Å²) in [5, 5.41) is 3.20. The summed E-state index contributed by atoms with van der Waals surface area (Å²) in [6.45, 7) is -2.84. The number of carbonyl (C=O) groups excluding carboxylic acids is 1. The molecule has 5 atom stereocenters. The first kappa shape index (κ1) is 15.9. The molecule has 1 aromatic rings. The Morgan fingerprint density at radius 3 is 2.88 bits per heavy atom. The fourth-order valence-corrected chi connectivity index (χ4v) is 5.51. The maximum atomic E-state index is 12.4. The first-order chi connectivity index (χ1) is 11.6. The largest absolute Gasteiger partial charge is 0.435 e. The van der Waals surface area contributed by atoms with Crippen molar-refractivity contribution in [3.8, 4) is 5.75 Å². The van der Waals surface area contributed by atoms with Crippen molar-refractivity contribution in [3.05, 3.63) is 29.8 Å². The van der Waals surface area contributed by atoms with Crippen molar-refractivity contribution in [3.63, 3.8) is 0 Å². The molecule has 0 aromatic heterocycles. The third kappa shape index (κ3) is 3.01. The monoisotopic (exact) mass is 335 g/mol. The molecule has 3 saturated carbocycles. The van der Waals surface area contributed by atoms with E-state index in [0.717, 1.165) is 24.2 Å². The minimum absolute atomic E-state index is 0.0173. The van der Waals surface area contributed by atoms with E-state index < -0.39 is 6.61 Å². The van der Waals surface area contributed by atoms with Gasteiger partial charge in [-0.05, 0) is 67.1 Å². The summed E-state index contributed by atoms with van der Waals surface area (Å²) < 4.78 is 28.9. The SMILES string of the molecule is O=C(Cc1cccc(OC(F)F)c1)NC1CC2CC1C1CCCC21. The van der Waals surface area contributed by atoms with E-state index >= 15 is 0 Å². The molecule has 1 N–H and O–H groups in total. The maximum absolute atomic E-state index is 12.4. The second-order valence-electron chi connectivity index (χ2n) is 7.53. The van der Waals surface area contributed by atoms with Gasteiger partial charge in [0.05, 0.1) is 6.42 Å². The van der Waals surface area contributed by atoms with E-state index in [4.69, 9.17) is 0 Å². The smallest absolute Gasteiger partial charge is 0.387 e. The van der Waals surface area contributed by atoms with Gasteiger partial charge in [0.15, 0.2) is 0 Å². The summed E-state index contributed by atoms with van der Waals surface area (Å²) in [7, 11) is 0. The predicted molar refractivity (Wildman–Crippen MR) is 85.8 cm³/mol. The van der Waals surface area contributed by atoms with Crippen LogP contribution in [-0.2, 0) is 11.2 Å². The van der Waals surface area contributed by atoms with Gasteiger partial charge in [-0.15, -0.1) is 0 Å². The molecule has 3 aliphatic rings. The molecule has 0 aliphatic heterocycles. The molecular weight excluding hydrogens is 312 g/mol. The number of fused-ring (bicyclic) bond motifs is 5. The number of halogens is 2. The molecule has 1 amide bonds. The van der Waals surface area contributed by atoms with Gasteiger partial charge in [-0.3, -0.25) is 4.79 Å². The van der Waals surface area contributed by atoms with E-state index in [9.17, 15) is 13.6 Å². The van der Waals surface area contributed by atoms with Gasteiger partial charge in [0.1, 0.15) is 5.75 Å². The van der Waals surface area contributed by atoms with Crippen LogP contribution in [0.2, 0.25) is 0 Å². The Hall–Kier alpha value is -1.65. The Balaban J connectivity index is 1.34. The maximum Gasteiger partial charge on any atom is 0.387 e. The number of rotatable bonds is 5. The lowest BCUT2D eigenvalue weighted by Gasteiger charge is -2.32. The Morgan fingerprint density at radius 2 is 2.04 bits per heavy atom. The average Bonchev–Trinajstić information content (AvgIpc) is 3.18. The highest BCUT2D eigenvalue weighted by Crippen LogP contribution is 2.58. The third-order valence-electron chi connectivity index (χ3n) is 6.26. The molecule has 0 saturated heterocycles. The van der Waals surface area contributed by atoms with Gasteiger partial charge in [-0.2, -0.15) is 8.78 Å². The topological polar surface area (TPSA) is 38.3 Å². The highest BCUT2D eigenvalue weighted by molar-refractivity contribution is 5.79. The van der Waals surface area contributed by atoms with E-state index in [1.807, 2.05) is 0 Å².